The molecule has 0 aromatic heterocycles. The quantitative estimate of drug-likeness (QED) is 0.628. The Bertz CT molecular complexity index is 306. The van der Waals surface area contributed by atoms with Gasteiger partial charge in [0.1, 0.15) is 5.82 Å². The molecule has 1 aromatic carbocycles. The fourth-order valence-electron chi connectivity index (χ4n) is 2.55. The molecule has 1 heteroatoms. The molecule has 0 bridgehead atoms. The van der Waals surface area contributed by atoms with E-state index in [0.717, 1.165) is 0 Å². The van der Waals surface area contributed by atoms with Crippen molar-refractivity contribution in [2.45, 2.75) is 38.5 Å². The normalized spacial score (nSPS) is 27.6. The Balaban J connectivity index is 2.20. The summed E-state index contributed by atoms with van der Waals surface area (Å²) in [4.78, 5) is 0. The zero-order chi connectivity index (χ0) is 9.97. The summed E-state index contributed by atoms with van der Waals surface area (Å²) in [6.07, 6.45) is 5.16. The van der Waals surface area contributed by atoms with Crippen LogP contribution in [0.4, 0.5) is 4.39 Å². The van der Waals surface area contributed by atoms with Crippen molar-refractivity contribution in [2.75, 3.05) is 0 Å². The van der Waals surface area contributed by atoms with E-state index >= 15 is 0 Å². The van der Waals surface area contributed by atoms with Crippen LogP contribution >= 0.6 is 0 Å². The Hall–Kier alpha value is -0.850. The Kier molecular flexibility index (Phi) is 2.85. The second-order valence-corrected chi connectivity index (χ2v) is 4.42. The topological polar surface area (TPSA) is 0 Å². The summed E-state index contributed by atoms with van der Waals surface area (Å²) in [5.41, 5.74) is 1.19. The lowest BCUT2D eigenvalue weighted by Gasteiger charge is -2.29. The highest BCUT2D eigenvalue weighted by molar-refractivity contribution is 5.21. The summed E-state index contributed by atoms with van der Waals surface area (Å²) in [7, 11) is 0. The van der Waals surface area contributed by atoms with Gasteiger partial charge in [-0.1, -0.05) is 38.3 Å². The zero-order valence-corrected chi connectivity index (χ0v) is 8.67. The van der Waals surface area contributed by atoms with Crippen molar-refractivity contribution in [3.8, 4) is 0 Å². The lowest BCUT2D eigenvalue weighted by Crippen LogP contribution is -2.14. The van der Waals surface area contributed by atoms with Gasteiger partial charge in [-0.2, -0.15) is 0 Å². The molecule has 0 radical (unpaired) electrons. The minimum absolute atomic E-state index is 0.0970. The maximum Gasteiger partial charge on any atom is 0.123 e. The second-order valence-electron chi connectivity index (χ2n) is 4.42. The number of hydrogen-bond donors (Lipinski definition) is 0. The second kappa shape index (κ2) is 4.12. The summed E-state index contributed by atoms with van der Waals surface area (Å²) in [6, 6.07) is 7.12. The molecule has 0 spiro atoms. The van der Waals surface area contributed by atoms with Crippen molar-refractivity contribution in [1.82, 2.24) is 0 Å². The minimum atomic E-state index is -0.0970. The first-order chi connectivity index (χ1) is 6.77. The van der Waals surface area contributed by atoms with Gasteiger partial charge in [0.2, 0.25) is 0 Å². The molecule has 0 amide bonds. The van der Waals surface area contributed by atoms with Gasteiger partial charge in [0.05, 0.1) is 0 Å². The van der Waals surface area contributed by atoms with Crippen molar-refractivity contribution in [3.63, 3.8) is 0 Å². The van der Waals surface area contributed by atoms with E-state index < -0.39 is 0 Å². The van der Waals surface area contributed by atoms with Crippen LogP contribution in [0.1, 0.15) is 44.1 Å². The van der Waals surface area contributed by atoms with Crippen LogP contribution < -0.4 is 0 Å². The molecule has 0 heterocycles. The molecule has 0 aliphatic heterocycles. The lowest BCUT2D eigenvalue weighted by molar-refractivity contribution is 0.330. The highest BCUT2D eigenvalue weighted by Crippen LogP contribution is 2.37. The van der Waals surface area contributed by atoms with E-state index in [2.05, 4.69) is 13.0 Å². The number of halogens is 1. The monoisotopic (exact) mass is 192 g/mol. The summed E-state index contributed by atoms with van der Waals surface area (Å²) in [6.45, 7) is 2.29. The Morgan fingerprint density at radius 1 is 1.21 bits per heavy atom. The third kappa shape index (κ3) is 1.97. The van der Waals surface area contributed by atoms with Crippen LogP contribution in [0.3, 0.4) is 0 Å². The van der Waals surface area contributed by atoms with E-state index in [1.165, 1.54) is 37.3 Å². The third-order valence-corrected chi connectivity index (χ3v) is 3.39. The maximum atomic E-state index is 13.0. The van der Waals surface area contributed by atoms with Gasteiger partial charge >= 0.3 is 0 Å². The van der Waals surface area contributed by atoms with E-state index in [0.29, 0.717) is 11.8 Å². The molecular weight excluding hydrogens is 175 g/mol. The molecule has 1 aliphatic carbocycles. The average Bonchev–Trinajstić information content (AvgIpc) is 2.18. The standard InChI is InChI=1S/C13H17F/c1-10-5-2-3-8-13(10)11-6-4-7-12(14)9-11/h4,6-7,9-10,13H,2-3,5,8H2,1H3. The van der Waals surface area contributed by atoms with E-state index in [1.54, 1.807) is 6.07 Å². The van der Waals surface area contributed by atoms with E-state index in [-0.39, 0.29) is 5.82 Å². The van der Waals surface area contributed by atoms with Gasteiger partial charge in [-0.3, -0.25) is 0 Å². The third-order valence-electron chi connectivity index (χ3n) is 3.39. The van der Waals surface area contributed by atoms with Crippen LogP contribution in [-0.2, 0) is 0 Å². The molecule has 14 heavy (non-hydrogen) atoms. The van der Waals surface area contributed by atoms with Crippen LogP contribution in [0.25, 0.3) is 0 Å². The summed E-state index contributed by atoms with van der Waals surface area (Å²) in [5, 5.41) is 0. The molecule has 1 fully saturated rings. The van der Waals surface area contributed by atoms with Crippen molar-refractivity contribution in [1.29, 1.82) is 0 Å². The van der Waals surface area contributed by atoms with Gasteiger partial charge in [-0.25, -0.2) is 4.39 Å². The van der Waals surface area contributed by atoms with Gasteiger partial charge in [-0.05, 0) is 36.0 Å². The van der Waals surface area contributed by atoms with Gasteiger partial charge in [0.25, 0.3) is 0 Å². The predicted molar refractivity (Wildman–Crippen MR) is 56.8 cm³/mol. The molecule has 1 aliphatic rings. The molecule has 2 atom stereocenters. The van der Waals surface area contributed by atoms with Crippen LogP contribution in [0, 0.1) is 11.7 Å². The van der Waals surface area contributed by atoms with E-state index in [4.69, 9.17) is 0 Å². The van der Waals surface area contributed by atoms with E-state index in [9.17, 15) is 4.39 Å². The fraction of sp³-hybridized carbons (Fsp3) is 0.538. The number of hydrogen-bond acceptors (Lipinski definition) is 0. The Morgan fingerprint density at radius 2 is 2.00 bits per heavy atom. The fourth-order valence-corrected chi connectivity index (χ4v) is 2.55. The minimum Gasteiger partial charge on any atom is -0.207 e. The molecule has 2 unspecified atom stereocenters. The molecule has 2 rings (SSSR count). The largest absolute Gasteiger partial charge is 0.207 e. The van der Waals surface area contributed by atoms with Crippen LogP contribution in [-0.4, -0.2) is 0 Å². The van der Waals surface area contributed by atoms with Gasteiger partial charge in [0, 0.05) is 0 Å². The van der Waals surface area contributed by atoms with Crippen molar-refractivity contribution in [2.24, 2.45) is 5.92 Å². The average molecular weight is 192 g/mol. The lowest BCUT2D eigenvalue weighted by atomic mass is 9.76. The van der Waals surface area contributed by atoms with Crippen LogP contribution in [0.15, 0.2) is 24.3 Å². The molecule has 76 valence electrons. The van der Waals surface area contributed by atoms with Gasteiger partial charge in [-0.15, -0.1) is 0 Å². The van der Waals surface area contributed by atoms with Crippen molar-refractivity contribution in [3.05, 3.63) is 35.6 Å². The Labute approximate surface area is 85.1 Å². The summed E-state index contributed by atoms with van der Waals surface area (Å²) < 4.78 is 13.0. The highest BCUT2D eigenvalue weighted by Gasteiger charge is 2.22. The van der Waals surface area contributed by atoms with Gasteiger partial charge in [0.15, 0.2) is 0 Å². The SMILES string of the molecule is CC1CCCCC1c1cccc(F)c1. The molecule has 0 nitrogen and oxygen atoms in total. The predicted octanol–water partition coefficient (Wildman–Crippen LogP) is 4.12. The summed E-state index contributed by atoms with van der Waals surface area (Å²) >= 11 is 0. The van der Waals surface area contributed by atoms with Crippen molar-refractivity contribution < 1.29 is 4.39 Å². The summed E-state index contributed by atoms with van der Waals surface area (Å²) in [5.74, 6) is 1.20. The van der Waals surface area contributed by atoms with Gasteiger partial charge < -0.3 is 0 Å². The first kappa shape index (κ1) is 9.70. The molecular formula is C13H17F. The molecule has 0 saturated heterocycles. The first-order valence-corrected chi connectivity index (χ1v) is 5.53. The van der Waals surface area contributed by atoms with Crippen LogP contribution in [0.2, 0.25) is 0 Å². The highest BCUT2D eigenvalue weighted by atomic mass is 19.1. The Morgan fingerprint density at radius 3 is 2.71 bits per heavy atom. The smallest absolute Gasteiger partial charge is 0.123 e. The van der Waals surface area contributed by atoms with Crippen molar-refractivity contribution >= 4 is 0 Å². The maximum absolute atomic E-state index is 13.0. The number of rotatable bonds is 1. The van der Waals surface area contributed by atoms with E-state index in [1.807, 2.05) is 6.07 Å². The molecule has 1 aromatic rings. The van der Waals surface area contributed by atoms with Crippen LogP contribution in [0.5, 0.6) is 0 Å². The molecule has 0 N–H and O–H groups in total. The molecule has 1 saturated carbocycles. The first-order valence-electron chi connectivity index (χ1n) is 5.53. The zero-order valence-electron chi connectivity index (χ0n) is 8.67. The number of benzene rings is 1.